The molecular weight excluding hydrogens is 188 g/mol. The highest BCUT2D eigenvalue weighted by Crippen LogP contribution is 2.46. The van der Waals surface area contributed by atoms with E-state index >= 15 is 0 Å². The number of hydrogen-bond donors (Lipinski definition) is 1. The molecule has 2 N–H and O–H groups in total. The van der Waals surface area contributed by atoms with E-state index in [1.54, 1.807) is 6.33 Å². The zero-order chi connectivity index (χ0) is 10.9. The molecule has 1 aliphatic rings. The van der Waals surface area contributed by atoms with Crippen molar-refractivity contribution in [2.45, 2.75) is 39.7 Å². The van der Waals surface area contributed by atoms with Crippen LogP contribution in [0.25, 0.3) is 0 Å². The van der Waals surface area contributed by atoms with E-state index in [-0.39, 0.29) is 5.41 Å². The molecule has 1 unspecified atom stereocenters. The van der Waals surface area contributed by atoms with E-state index in [2.05, 4.69) is 23.9 Å². The number of aromatic nitrogens is 3. The van der Waals surface area contributed by atoms with Crippen LogP contribution in [0.4, 0.5) is 0 Å². The Morgan fingerprint density at radius 3 is 2.87 bits per heavy atom. The lowest BCUT2D eigenvalue weighted by Gasteiger charge is -2.27. The van der Waals surface area contributed by atoms with Gasteiger partial charge in [0.2, 0.25) is 0 Å². The molecule has 1 aromatic heterocycles. The standard InChI is InChI=1S/C11H20N4/c1-3-15-10(13-8-14-15)6-11(2,7-12)9-4-5-9/h8-9H,3-7,12H2,1-2H3. The minimum atomic E-state index is 0.222. The molecule has 0 bridgehead atoms. The molecule has 1 saturated carbocycles. The Morgan fingerprint density at radius 2 is 2.33 bits per heavy atom. The molecule has 0 amide bonds. The predicted molar refractivity (Wildman–Crippen MR) is 59.3 cm³/mol. The normalized spacial score (nSPS) is 20.2. The van der Waals surface area contributed by atoms with Crippen molar-refractivity contribution in [3.05, 3.63) is 12.2 Å². The Bertz CT molecular complexity index is 329. The lowest BCUT2D eigenvalue weighted by molar-refractivity contribution is 0.271. The number of aryl methyl sites for hydroxylation is 1. The Labute approximate surface area is 90.9 Å². The molecule has 15 heavy (non-hydrogen) atoms. The van der Waals surface area contributed by atoms with Crippen molar-refractivity contribution in [1.82, 2.24) is 14.8 Å². The van der Waals surface area contributed by atoms with Crippen LogP contribution in [0.5, 0.6) is 0 Å². The monoisotopic (exact) mass is 208 g/mol. The summed E-state index contributed by atoms with van der Waals surface area (Å²) in [5, 5.41) is 4.20. The molecule has 1 fully saturated rings. The first-order chi connectivity index (χ1) is 7.19. The van der Waals surface area contributed by atoms with Gasteiger partial charge in [0.25, 0.3) is 0 Å². The molecule has 4 heteroatoms. The fourth-order valence-electron chi connectivity index (χ4n) is 2.21. The quantitative estimate of drug-likeness (QED) is 0.791. The second kappa shape index (κ2) is 3.93. The molecule has 0 spiro atoms. The van der Waals surface area contributed by atoms with Gasteiger partial charge in [0, 0.05) is 13.0 Å². The van der Waals surface area contributed by atoms with Crippen molar-refractivity contribution in [2.75, 3.05) is 6.54 Å². The van der Waals surface area contributed by atoms with Gasteiger partial charge in [-0.3, -0.25) is 4.68 Å². The van der Waals surface area contributed by atoms with Crippen LogP contribution < -0.4 is 5.73 Å². The maximum absolute atomic E-state index is 5.90. The lowest BCUT2D eigenvalue weighted by atomic mass is 9.81. The predicted octanol–water partition coefficient (Wildman–Crippen LogP) is 1.22. The number of nitrogens with zero attached hydrogens (tertiary/aromatic N) is 3. The minimum absolute atomic E-state index is 0.222. The van der Waals surface area contributed by atoms with Crippen LogP contribution in [0.15, 0.2) is 6.33 Å². The van der Waals surface area contributed by atoms with Crippen LogP contribution in [0, 0.1) is 11.3 Å². The Kier molecular flexibility index (Phi) is 2.78. The fourth-order valence-corrected chi connectivity index (χ4v) is 2.21. The first-order valence-electron chi connectivity index (χ1n) is 5.76. The third-order valence-corrected chi connectivity index (χ3v) is 3.59. The Hall–Kier alpha value is -0.900. The molecule has 0 aromatic carbocycles. The minimum Gasteiger partial charge on any atom is -0.330 e. The zero-order valence-electron chi connectivity index (χ0n) is 9.61. The van der Waals surface area contributed by atoms with Crippen LogP contribution >= 0.6 is 0 Å². The van der Waals surface area contributed by atoms with Crippen molar-refractivity contribution in [3.8, 4) is 0 Å². The van der Waals surface area contributed by atoms with Gasteiger partial charge in [0.15, 0.2) is 0 Å². The second-order valence-electron chi connectivity index (χ2n) is 4.80. The highest BCUT2D eigenvalue weighted by Gasteiger charge is 2.41. The Balaban J connectivity index is 2.12. The van der Waals surface area contributed by atoms with Crippen molar-refractivity contribution in [1.29, 1.82) is 0 Å². The molecule has 1 atom stereocenters. The van der Waals surface area contributed by atoms with Gasteiger partial charge < -0.3 is 5.73 Å². The second-order valence-corrected chi connectivity index (χ2v) is 4.80. The third-order valence-electron chi connectivity index (χ3n) is 3.59. The molecule has 0 aliphatic heterocycles. The summed E-state index contributed by atoms with van der Waals surface area (Å²) >= 11 is 0. The van der Waals surface area contributed by atoms with Gasteiger partial charge in [-0.2, -0.15) is 5.10 Å². The van der Waals surface area contributed by atoms with Gasteiger partial charge in [-0.15, -0.1) is 0 Å². The molecule has 0 saturated heterocycles. The van der Waals surface area contributed by atoms with Crippen molar-refractivity contribution < 1.29 is 0 Å². The van der Waals surface area contributed by atoms with Crippen molar-refractivity contribution >= 4 is 0 Å². The summed E-state index contributed by atoms with van der Waals surface area (Å²) in [4.78, 5) is 4.33. The van der Waals surface area contributed by atoms with Crippen LogP contribution in [0.2, 0.25) is 0 Å². The van der Waals surface area contributed by atoms with E-state index in [0.29, 0.717) is 0 Å². The summed E-state index contributed by atoms with van der Waals surface area (Å²) in [7, 11) is 0. The fraction of sp³-hybridized carbons (Fsp3) is 0.818. The molecule has 84 valence electrons. The van der Waals surface area contributed by atoms with Gasteiger partial charge in [0.1, 0.15) is 12.2 Å². The summed E-state index contributed by atoms with van der Waals surface area (Å²) in [6.45, 7) is 6.00. The zero-order valence-corrected chi connectivity index (χ0v) is 9.61. The van der Waals surface area contributed by atoms with Gasteiger partial charge >= 0.3 is 0 Å². The van der Waals surface area contributed by atoms with Crippen LogP contribution in [0.3, 0.4) is 0 Å². The maximum atomic E-state index is 5.90. The summed E-state index contributed by atoms with van der Waals surface area (Å²) in [5.74, 6) is 1.88. The van der Waals surface area contributed by atoms with Gasteiger partial charge in [-0.05, 0) is 37.6 Å². The largest absolute Gasteiger partial charge is 0.330 e. The van der Waals surface area contributed by atoms with E-state index < -0.39 is 0 Å². The van der Waals surface area contributed by atoms with Gasteiger partial charge in [-0.1, -0.05) is 6.92 Å². The van der Waals surface area contributed by atoms with Gasteiger partial charge in [0.05, 0.1) is 0 Å². The maximum Gasteiger partial charge on any atom is 0.138 e. The Morgan fingerprint density at radius 1 is 1.60 bits per heavy atom. The van der Waals surface area contributed by atoms with E-state index in [9.17, 15) is 0 Å². The average molecular weight is 208 g/mol. The molecular formula is C11H20N4. The first kappa shape index (κ1) is 10.6. The SMILES string of the molecule is CCn1ncnc1CC(C)(CN)C1CC1. The summed E-state index contributed by atoms with van der Waals surface area (Å²) in [5.41, 5.74) is 6.12. The number of nitrogens with two attached hydrogens (primary N) is 1. The van der Waals surface area contributed by atoms with Crippen molar-refractivity contribution in [3.63, 3.8) is 0 Å². The molecule has 0 radical (unpaired) electrons. The average Bonchev–Trinajstić information content (AvgIpc) is 3.01. The van der Waals surface area contributed by atoms with Crippen LogP contribution in [-0.2, 0) is 13.0 Å². The smallest absolute Gasteiger partial charge is 0.138 e. The molecule has 1 heterocycles. The summed E-state index contributed by atoms with van der Waals surface area (Å²) in [6.07, 6.45) is 5.26. The highest BCUT2D eigenvalue weighted by atomic mass is 15.3. The van der Waals surface area contributed by atoms with E-state index in [1.807, 2.05) is 4.68 Å². The number of rotatable bonds is 5. The first-order valence-corrected chi connectivity index (χ1v) is 5.76. The molecule has 2 rings (SSSR count). The highest BCUT2D eigenvalue weighted by molar-refractivity contribution is 4.99. The van der Waals surface area contributed by atoms with E-state index in [0.717, 1.165) is 31.3 Å². The van der Waals surface area contributed by atoms with E-state index in [4.69, 9.17) is 5.73 Å². The summed E-state index contributed by atoms with van der Waals surface area (Å²) < 4.78 is 1.97. The third kappa shape index (κ3) is 2.04. The topological polar surface area (TPSA) is 56.7 Å². The lowest BCUT2D eigenvalue weighted by Crippen LogP contribution is -2.33. The molecule has 1 aromatic rings. The van der Waals surface area contributed by atoms with Crippen molar-refractivity contribution in [2.24, 2.45) is 17.1 Å². The molecule has 4 nitrogen and oxygen atoms in total. The summed E-state index contributed by atoms with van der Waals surface area (Å²) in [6, 6.07) is 0. The number of hydrogen-bond acceptors (Lipinski definition) is 3. The van der Waals surface area contributed by atoms with Crippen LogP contribution in [-0.4, -0.2) is 21.3 Å². The van der Waals surface area contributed by atoms with Gasteiger partial charge in [-0.25, -0.2) is 4.98 Å². The molecule has 1 aliphatic carbocycles. The van der Waals surface area contributed by atoms with E-state index in [1.165, 1.54) is 12.8 Å². The van der Waals surface area contributed by atoms with Crippen LogP contribution in [0.1, 0.15) is 32.5 Å².